The molecule has 0 aliphatic heterocycles. The molecular weight excluding hydrogens is 260 g/mol. The van der Waals surface area contributed by atoms with E-state index in [2.05, 4.69) is 4.98 Å². The first-order valence-corrected chi connectivity index (χ1v) is 5.78. The smallest absolute Gasteiger partial charge is 0.340 e. The van der Waals surface area contributed by atoms with Crippen LogP contribution < -0.4 is 5.73 Å². The fraction of sp³-hybridized carbons (Fsp3) is 0.0714. The number of anilines is 1. The fourth-order valence-electron chi connectivity index (χ4n) is 1.63. The Morgan fingerprint density at radius 3 is 2.55 bits per heavy atom. The Hall–Kier alpha value is -2.89. The van der Waals surface area contributed by atoms with Crippen LogP contribution >= 0.6 is 0 Å². The molecule has 0 atom stereocenters. The summed E-state index contributed by atoms with van der Waals surface area (Å²) < 4.78 is 5.06. The van der Waals surface area contributed by atoms with Crippen molar-refractivity contribution in [3.63, 3.8) is 0 Å². The zero-order chi connectivity index (χ0) is 14.5. The van der Waals surface area contributed by atoms with Crippen molar-refractivity contribution in [1.82, 2.24) is 4.98 Å². The first-order valence-electron chi connectivity index (χ1n) is 5.78. The molecule has 0 saturated carbocycles. The molecule has 1 aromatic heterocycles. The van der Waals surface area contributed by atoms with E-state index in [4.69, 9.17) is 15.6 Å². The Bertz CT molecular complexity index is 641. The Kier molecular flexibility index (Phi) is 3.95. The van der Waals surface area contributed by atoms with E-state index < -0.39 is 11.9 Å². The highest BCUT2D eigenvalue weighted by atomic mass is 16.5. The molecule has 0 spiro atoms. The average molecular weight is 272 g/mol. The normalized spacial score (nSPS) is 10.0. The molecule has 0 aliphatic carbocycles. The molecule has 0 bridgehead atoms. The van der Waals surface area contributed by atoms with Gasteiger partial charge in [-0.3, -0.25) is 4.98 Å². The zero-order valence-electron chi connectivity index (χ0n) is 10.4. The van der Waals surface area contributed by atoms with Crippen molar-refractivity contribution >= 4 is 17.6 Å². The number of carbonyl (C=O) groups is 2. The van der Waals surface area contributed by atoms with Crippen LogP contribution in [0.3, 0.4) is 0 Å². The van der Waals surface area contributed by atoms with Crippen LogP contribution in [0, 0.1) is 0 Å². The number of aromatic carboxylic acids is 1. The van der Waals surface area contributed by atoms with Gasteiger partial charge < -0.3 is 15.6 Å². The predicted molar refractivity (Wildman–Crippen MR) is 71.2 cm³/mol. The highest BCUT2D eigenvalue weighted by molar-refractivity contribution is 6.02. The highest BCUT2D eigenvalue weighted by Crippen LogP contribution is 2.19. The number of ether oxygens (including phenoxy) is 1. The number of carboxylic acid groups (broad SMARTS) is 1. The van der Waals surface area contributed by atoms with Crippen molar-refractivity contribution in [3.05, 3.63) is 59.4 Å². The number of aromatic nitrogens is 1. The van der Waals surface area contributed by atoms with Gasteiger partial charge in [-0.25, -0.2) is 9.59 Å². The number of rotatable bonds is 4. The van der Waals surface area contributed by atoms with Gasteiger partial charge in [0.2, 0.25) is 0 Å². The molecule has 20 heavy (non-hydrogen) atoms. The second-order valence-corrected chi connectivity index (χ2v) is 3.97. The summed E-state index contributed by atoms with van der Waals surface area (Å²) in [5.74, 6) is -1.88. The number of benzene rings is 1. The lowest BCUT2D eigenvalue weighted by Gasteiger charge is -2.08. The van der Waals surface area contributed by atoms with E-state index in [1.165, 1.54) is 18.2 Å². The highest BCUT2D eigenvalue weighted by Gasteiger charge is 2.17. The van der Waals surface area contributed by atoms with Crippen LogP contribution in [-0.4, -0.2) is 22.0 Å². The van der Waals surface area contributed by atoms with E-state index in [9.17, 15) is 9.59 Å². The maximum absolute atomic E-state index is 11.9. The van der Waals surface area contributed by atoms with Crippen molar-refractivity contribution in [3.8, 4) is 0 Å². The van der Waals surface area contributed by atoms with Crippen molar-refractivity contribution < 1.29 is 19.4 Å². The maximum atomic E-state index is 11.9. The van der Waals surface area contributed by atoms with Crippen LogP contribution in [0.25, 0.3) is 0 Å². The average Bonchev–Trinajstić information content (AvgIpc) is 2.46. The van der Waals surface area contributed by atoms with Crippen molar-refractivity contribution in [2.45, 2.75) is 6.61 Å². The van der Waals surface area contributed by atoms with Gasteiger partial charge in [-0.1, -0.05) is 12.1 Å². The van der Waals surface area contributed by atoms with Gasteiger partial charge in [-0.2, -0.15) is 0 Å². The minimum absolute atomic E-state index is 0.00356. The number of pyridine rings is 1. The lowest BCUT2D eigenvalue weighted by molar-refractivity contribution is 0.0469. The molecule has 0 unspecified atom stereocenters. The molecule has 6 heteroatoms. The van der Waals surface area contributed by atoms with Gasteiger partial charge in [-0.05, 0) is 24.3 Å². The van der Waals surface area contributed by atoms with E-state index in [0.717, 1.165) is 0 Å². The van der Waals surface area contributed by atoms with Crippen LogP contribution in [0.5, 0.6) is 0 Å². The lowest BCUT2D eigenvalue weighted by Crippen LogP contribution is -2.12. The summed E-state index contributed by atoms with van der Waals surface area (Å²) in [7, 11) is 0. The molecule has 1 heterocycles. The van der Waals surface area contributed by atoms with Crippen molar-refractivity contribution in [2.75, 3.05) is 5.73 Å². The molecule has 102 valence electrons. The van der Waals surface area contributed by atoms with Gasteiger partial charge in [0.25, 0.3) is 0 Å². The molecule has 0 aliphatic rings. The maximum Gasteiger partial charge on any atom is 0.340 e. The van der Waals surface area contributed by atoms with Crippen molar-refractivity contribution in [2.24, 2.45) is 0 Å². The van der Waals surface area contributed by atoms with Gasteiger partial charge in [0.15, 0.2) is 0 Å². The van der Waals surface area contributed by atoms with Crippen molar-refractivity contribution in [1.29, 1.82) is 0 Å². The number of para-hydroxylation sites is 1. The van der Waals surface area contributed by atoms with Gasteiger partial charge in [-0.15, -0.1) is 0 Å². The molecule has 3 N–H and O–H groups in total. The number of nitrogens with two attached hydrogens (primary N) is 1. The number of nitrogen functional groups attached to an aromatic ring is 1. The van der Waals surface area contributed by atoms with E-state index in [1.54, 1.807) is 24.4 Å². The van der Waals surface area contributed by atoms with Crippen LogP contribution in [0.1, 0.15) is 26.4 Å². The molecule has 1 aromatic carbocycles. The van der Waals surface area contributed by atoms with Gasteiger partial charge >= 0.3 is 11.9 Å². The summed E-state index contributed by atoms with van der Waals surface area (Å²) >= 11 is 0. The molecule has 0 saturated heterocycles. The minimum Gasteiger partial charge on any atom is -0.478 e. The lowest BCUT2D eigenvalue weighted by atomic mass is 10.1. The molecule has 6 nitrogen and oxygen atoms in total. The third kappa shape index (κ3) is 2.92. The first-order chi connectivity index (χ1) is 9.59. The summed E-state index contributed by atoms with van der Waals surface area (Å²) in [5, 5.41) is 8.94. The van der Waals surface area contributed by atoms with Crippen LogP contribution in [0.2, 0.25) is 0 Å². The standard InChI is InChI=1S/C14H12N2O4/c15-12-10(13(17)18)5-3-6-11(12)14(19)20-8-9-4-1-2-7-16-9/h1-7H,8,15H2,(H,17,18). The van der Waals surface area contributed by atoms with Gasteiger partial charge in [0, 0.05) is 6.20 Å². The van der Waals surface area contributed by atoms with Crippen LogP contribution in [-0.2, 0) is 11.3 Å². The van der Waals surface area contributed by atoms with Crippen LogP contribution in [0.4, 0.5) is 5.69 Å². The first kappa shape index (κ1) is 13.5. The number of esters is 1. The van der Waals surface area contributed by atoms with E-state index in [1.807, 2.05) is 0 Å². The number of carboxylic acids is 1. The van der Waals surface area contributed by atoms with Crippen LogP contribution in [0.15, 0.2) is 42.6 Å². The third-order valence-corrected chi connectivity index (χ3v) is 2.63. The number of nitrogens with zero attached hydrogens (tertiary/aromatic N) is 1. The number of hydrogen-bond acceptors (Lipinski definition) is 5. The van der Waals surface area contributed by atoms with Gasteiger partial charge in [0.1, 0.15) is 6.61 Å². The summed E-state index contributed by atoms with van der Waals surface area (Å²) in [4.78, 5) is 26.8. The number of carbonyl (C=O) groups excluding carboxylic acids is 1. The summed E-state index contributed by atoms with van der Waals surface area (Å²) in [6, 6.07) is 9.42. The topological polar surface area (TPSA) is 103 Å². The molecule has 2 aromatic rings. The summed E-state index contributed by atoms with van der Waals surface area (Å²) in [5.41, 5.74) is 6.04. The fourth-order valence-corrected chi connectivity index (χ4v) is 1.63. The predicted octanol–water partition coefficient (Wildman–Crippen LogP) is 1.72. The Balaban J connectivity index is 2.14. The van der Waals surface area contributed by atoms with E-state index in [0.29, 0.717) is 5.69 Å². The monoisotopic (exact) mass is 272 g/mol. The number of hydrogen-bond donors (Lipinski definition) is 2. The largest absolute Gasteiger partial charge is 0.478 e. The second-order valence-electron chi connectivity index (χ2n) is 3.97. The Labute approximate surface area is 114 Å². The molecule has 2 rings (SSSR count). The Morgan fingerprint density at radius 2 is 1.90 bits per heavy atom. The molecule has 0 amide bonds. The minimum atomic E-state index is -1.19. The SMILES string of the molecule is Nc1c(C(=O)O)cccc1C(=O)OCc1ccccn1. The van der Waals surface area contributed by atoms with Gasteiger partial charge in [0.05, 0.1) is 22.5 Å². The second kappa shape index (κ2) is 5.83. The molecule has 0 radical (unpaired) electrons. The Morgan fingerprint density at radius 1 is 1.15 bits per heavy atom. The van der Waals surface area contributed by atoms with E-state index >= 15 is 0 Å². The summed E-state index contributed by atoms with van der Waals surface area (Å²) in [6.45, 7) is -0.00356. The molecular formula is C14H12N2O4. The van der Waals surface area contributed by atoms with E-state index in [-0.39, 0.29) is 23.4 Å². The quantitative estimate of drug-likeness (QED) is 0.649. The summed E-state index contributed by atoms with van der Waals surface area (Å²) in [6.07, 6.45) is 1.59. The zero-order valence-corrected chi connectivity index (χ0v) is 10.4. The molecule has 0 fully saturated rings. The third-order valence-electron chi connectivity index (χ3n) is 2.63.